The second-order valence-electron chi connectivity index (χ2n) is 2.34. The van der Waals surface area contributed by atoms with Crippen molar-refractivity contribution in [2.75, 3.05) is 0 Å². The SMILES string of the molecule is Cc1ccc(CNC(=O)NN)o1. The first-order chi connectivity index (χ1) is 5.72. The van der Waals surface area contributed by atoms with Crippen LogP contribution in [0.3, 0.4) is 0 Å². The minimum absolute atomic E-state index is 0.344. The molecule has 1 heterocycles. The highest BCUT2D eigenvalue weighted by Crippen LogP contribution is 2.04. The number of furan rings is 1. The number of hydrogen-bond acceptors (Lipinski definition) is 3. The molecule has 5 heteroatoms. The predicted molar refractivity (Wildman–Crippen MR) is 43.0 cm³/mol. The number of amides is 2. The molecule has 2 amide bonds. The van der Waals surface area contributed by atoms with Crippen molar-refractivity contribution in [3.63, 3.8) is 0 Å². The number of aryl methyl sites for hydroxylation is 1. The molecule has 0 atom stereocenters. The van der Waals surface area contributed by atoms with Crippen LogP contribution < -0.4 is 16.6 Å². The maximum absolute atomic E-state index is 10.6. The highest BCUT2D eigenvalue weighted by molar-refractivity contribution is 5.72. The van der Waals surface area contributed by atoms with Gasteiger partial charge in [0.1, 0.15) is 11.5 Å². The molecule has 4 N–H and O–H groups in total. The van der Waals surface area contributed by atoms with E-state index < -0.39 is 6.03 Å². The lowest BCUT2D eigenvalue weighted by Crippen LogP contribution is -2.39. The van der Waals surface area contributed by atoms with Crippen LogP contribution in [0.1, 0.15) is 11.5 Å². The highest BCUT2D eigenvalue weighted by Gasteiger charge is 2.00. The van der Waals surface area contributed by atoms with Gasteiger partial charge in [-0.2, -0.15) is 0 Å². The van der Waals surface area contributed by atoms with Crippen LogP contribution in [0.5, 0.6) is 0 Å². The van der Waals surface area contributed by atoms with Gasteiger partial charge >= 0.3 is 6.03 Å². The molecule has 0 aliphatic heterocycles. The Morgan fingerprint density at radius 1 is 1.67 bits per heavy atom. The summed E-state index contributed by atoms with van der Waals surface area (Å²) < 4.78 is 5.20. The zero-order valence-corrected chi connectivity index (χ0v) is 6.76. The Balaban J connectivity index is 2.38. The van der Waals surface area contributed by atoms with E-state index in [1.807, 2.05) is 18.4 Å². The van der Waals surface area contributed by atoms with Crippen molar-refractivity contribution in [3.8, 4) is 0 Å². The predicted octanol–water partition coefficient (Wildman–Crippen LogP) is 0.261. The van der Waals surface area contributed by atoms with Crippen molar-refractivity contribution in [2.45, 2.75) is 13.5 Å². The maximum Gasteiger partial charge on any atom is 0.329 e. The van der Waals surface area contributed by atoms with Crippen molar-refractivity contribution in [1.29, 1.82) is 0 Å². The Labute approximate surface area is 69.9 Å². The van der Waals surface area contributed by atoms with E-state index >= 15 is 0 Å². The summed E-state index contributed by atoms with van der Waals surface area (Å²) in [6.45, 7) is 2.18. The Morgan fingerprint density at radius 2 is 2.42 bits per heavy atom. The summed E-state index contributed by atoms with van der Waals surface area (Å²) in [4.78, 5) is 10.6. The molecule has 0 spiro atoms. The summed E-state index contributed by atoms with van der Waals surface area (Å²) in [5.41, 5.74) is 1.95. The first-order valence-corrected chi connectivity index (χ1v) is 3.52. The fourth-order valence-corrected chi connectivity index (χ4v) is 0.799. The molecule has 0 aliphatic rings. The first-order valence-electron chi connectivity index (χ1n) is 3.52. The van der Waals surface area contributed by atoms with Gasteiger partial charge in [0.05, 0.1) is 6.54 Å². The topological polar surface area (TPSA) is 80.3 Å². The molecule has 0 bridgehead atoms. The molecule has 66 valence electrons. The molecule has 0 unspecified atom stereocenters. The Morgan fingerprint density at radius 3 is 2.92 bits per heavy atom. The minimum atomic E-state index is -0.427. The molecule has 0 fully saturated rings. The van der Waals surface area contributed by atoms with Crippen LogP contribution in [0.25, 0.3) is 0 Å². The monoisotopic (exact) mass is 169 g/mol. The molecule has 5 nitrogen and oxygen atoms in total. The summed E-state index contributed by atoms with van der Waals surface area (Å²) in [7, 11) is 0. The lowest BCUT2D eigenvalue weighted by atomic mass is 10.4. The third kappa shape index (κ3) is 2.28. The van der Waals surface area contributed by atoms with Gasteiger partial charge in [0, 0.05) is 0 Å². The summed E-state index contributed by atoms with van der Waals surface area (Å²) in [5, 5.41) is 2.49. The number of rotatable bonds is 2. The fourth-order valence-electron chi connectivity index (χ4n) is 0.799. The van der Waals surface area contributed by atoms with E-state index in [4.69, 9.17) is 10.3 Å². The van der Waals surface area contributed by atoms with Gasteiger partial charge in [-0.15, -0.1) is 0 Å². The van der Waals surface area contributed by atoms with Gasteiger partial charge < -0.3 is 9.73 Å². The highest BCUT2D eigenvalue weighted by atomic mass is 16.3. The zero-order valence-electron chi connectivity index (χ0n) is 6.76. The molecular weight excluding hydrogens is 158 g/mol. The van der Waals surface area contributed by atoms with Crippen molar-refractivity contribution in [1.82, 2.24) is 10.7 Å². The second kappa shape index (κ2) is 3.77. The van der Waals surface area contributed by atoms with Crippen LogP contribution in [0.2, 0.25) is 0 Å². The van der Waals surface area contributed by atoms with Crippen molar-refractivity contribution in [3.05, 3.63) is 23.7 Å². The molecule has 0 saturated heterocycles. The van der Waals surface area contributed by atoms with E-state index in [2.05, 4.69) is 5.32 Å². The van der Waals surface area contributed by atoms with E-state index in [9.17, 15) is 4.79 Å². The number of carbonyl (C=O) groups excluding carboxylic acids is 1. The van der Waals surface area contributed by atoms with Gasteiger partial charge in [-0.1, -0.05) is 0 Å². The molecule has 0 aromatic carbocycles. The maximum atomic E-state index is 10.6. The summed E-state index contributed by atoms with van der Waals surface area (Å²) >= 11 is 0. The molecule has 12 heavy (non-hydrogen) atoms. The summed E-state index contributed by atoms with van der Waals surface area (Å²) in [6.07, 6.45) is 0. The number of nitrogens with two attached hydrogens (primary N) is 1. The summed E-state index contributed by atoms with van der Waals surface area (Å²) in [5.74, 6) is 6.37. The third-order valence-corrected chi connectivity index (χ3v) is 1.35. The average molecular weight is 169 g/mol. The van der Waals surface area contributed by atoms with E-state index in [1.54, 1.807) is 6.07 Å². The largest absolute Gasteiger partial charge is 0.465 e. The van der Waals surface area contributed by atoms with E-state index in [0.29, 0.717) is 12.3 Å². The molecule has 1 rings (SSSR count). The van der Waals surface area contributed by atoms with E-state index in [-0.39, 0.29) is 0 Å². The Hall–Kier alpha value is -1.49. The number of nitrogens with one attached hydrogen (secondary N) is 2. The van der Waals surface area contributed by atoms with E-state index in [1.165, 1.54) is 0 Å². The third-order valence-electron chi connectivity index (χ3n) is 1.35. The number of carbonyl (C=O) groups is 1. The van der Waals surface area contributed by atoms with Gasteiger partial charge in [-0.05, 0) is 19.1 Å². The second-order valence-corrected chi connectivity index (χ2v) is 2.34. The number of urea groups is 1. The van der Waals surface area contributed by atoms with Crippen LogP contribution in [-0.2, 0) is 6.54 Å². The lowest BCUT2D eigenvalue weighted by Gasteiger charge is -2.00. The molecule has 0 radical (unpaired) electrons. The standard InChI is InChI=1S/C7H11N3O2/c1-5-2-3-6(12-5)4-9-7(11)10-8/h2-3H,4,8H2,1H3,(H2,9,10,11). The van der Waals surface area contributed by atoms with Gasteiger partial charge in [-0.3, -0.25) is 5.43 Å². The van der Waals surface area contributed by atoms with Crippen LogP contribution in [0.4, 0.5) is 4.79 Å². The Kier molecular flexibility index (Phi) is 2.71. The first kappa shape index (κ1) is 8.61. The zero-order chi connectivity index (χ0) is 8.97. The van der Waals surface area contributed by atoms with Crippen molar-refractivity contribution >= 4 is 6.03 Å². The van der Waals surface area contributed by atoms with Crippen LogP contribution >= 0.6 is 0 Å². The van der Waals surface area contributed by atoms with Crippen LogP contribution in [0.15, 0.2) is 16.5 Å². The quantitative estimate of drug-likeness (QED) is 0.337. The minimum Gasteiger partial charge on any atom is -0.465 e. The Bertz CT molecular complexity index is 269. The molecular formula is C7H11N3O2. The van der Waals surface area contributed by atoms with Crippen molar-refractivity contribution in [2.24, 2.45) is 5.84 Å². The molecule has 1 aromatic heterocycles. The van der Waals surface area contributed by atoms with Gasteiger partial charge in [0.2, 0.25) is 0 Å². The number of hydrogen-bond donors (Lipinski definition) is 3. The van der Waals surface area contributed by atoms with Crippen molar-refractivity contribution < 1.29 is 9.21 Å². The number of hydrazine groups is 1. The lowest BCUT2D eigenvalue weighted by molar-refractivity contribution is 0.239. The van der Waals surface area contributed by atoms with E-state index in [0.717, 1.165) is 5.76 Å². The fraction of sp³-hybridized carbons (Fsp3) is 0.286. The van der Waals surface area contributed by atoms with Crippen LogP contribution in [-0.4, -0.2) is 6.03 Å². The van der Waals surface area contributed by atoms with Gasteiger partial charge in [0.25, 0.3) is 0 Å². The smallest absolute Gasteiger partial charge is 0.329 e. The molecule has 0 aliphatic carbocycles. The van der Waals surface area contributed by atoms with Crippen LogP contribution in [0, 0.1) is 6.92 Å². The summed E-state index contributed by atoms with van der Waals surface area (Å²) in [6, 6.07) is 3.20. The van der Waals surface area contributed by atoms with Gasteiger partial charge in [0.15, 0.2) is 0 Å². The normalized spacial score (nSPS) is 9.50. The molecule has 0 saturated carbocycles. The molecule has 1 aromatic rings. The van der Waals surface area contributed by atoms with Gasteiger partial charge in [-0.25, -0.2) is 10.6 Å². The average Bonchev–Trinajstić information content (AvgIpc) is 2.47.